The van der Waals surface area contributed by atoms with E-state index in [0.717, 1.165) is 52.4 Å². The third-order valence-corrected chi connectivity index (χ3v) is 36.8. The summed E-state index contributed by atoms with van der Waals surface area (Å²) in [5, 5.41) is 6.67. The molecule has 0 aliphatic carbocycles. The molecule has 0 atom stereocenters. The van der Waals surface area contributed by atoms with E-state index in [4.69, 9.17) is 0 Å². The van der Waals surface area contributed by atoms with Gasteiger partial charge >= 0.3 is 0 Å². The van der Waals surface area contributed by atoms with Gasteiger partial charge in [-0.2, -0.15) is 0 Å². The summed E-state index contributed by atoms with van der Waals surface area (Å²) in [6, 6.07) is 42.3. The second-order valence-electron chi connectivity index (χ2n) is 30.5. The van der Waals surface area contributed by atoms with Crippen LogP contribution < -0.4 is 20.7 Å². The number of hydrogen-bond donors (Lipinski definition) is 0. The van der Waals surface area contributed by atoms with Gasteiger partial charge in [-0.05, 0) is 157 Å². The van der Waals surface area contributed by atoms with Gasteiger partial charge in [0.2, 0.25) is 0 Å². The summed E-state index contributed by atoms with van der Waals surface area (Å²) in [6.07, 6.45) is 5.54. The molecule has 0 aromatic heterocycles. The summed E-state index contributed by atoms with van der Waals surface area (Å²) in [6.45, 7) is 29.7. The average molecular weight is 1190 g/mol. The van der Waals surface area contributed by atoms with Crippen LogP contribution in [0.25, 0.3) is 0 Å². The highest BCUT2D eigenvalue weighted by Gasteiger charge is 2.37. The maximum absolute atomic E-state index is 2.71. The largest absolute Gasteiger partial charge is 0.305 e. The molecule has 0 saturated carbocycles. The molecule has 0 amide bonds. The average Bonchev–Trinajstić information content (AvgIpc) is 3.29. The number of nitrogens with zero attached hydrogens (tertiary/aromatic N) is 8. The summed E-state index contributed by atoms with van der Waals surface area (Å²) in [5.74, 6) is 0. The SMILES string of the molecule is CN(C)Cc1cc(CN(C)C)cc([Si](C)(C)CCC[Si](CCC[Si](C)(C)c2cc(CN(C)C)cc(CN(C)C)c2)(CCC[Si](C)(C)c2cc(CN(C)C)cc(CN(C)C)c2)CCC[Si](C)(C)c2cc(CN(C)C)cc(CN(C)C)c2)c1. The van der Waals surface area contributed by atoms with E-state index in [1.54, 1.807) is 20.7 Å². The van der Waals surface area contributed by atoms with Crippen molar-refractivity contribution in [2.75, 3.05) is 113 Å². The molecule has 0 spiro atoms. The van der Waals surface area contributed by atoms with Gasteiger partial charge in [-0.25, -0.2) is 0 Å². The van der Waals surface area contributed by atoms with Crippen LogP contribution >= 0.6 is 0 Å². The fourth-order valence-electron chi connectivity index (χ4n) is 13.2. The molecule has 0 N–H and O–H groups in total. The van der Waals surface area contributed by atoms with Crippen molar-refractivity contribution in [3.8, 4) is 0 Å². The van der Waals surface area contributed by atoms with Gasteiger partial charge in [0.1, 0.15) is 0 Å². The molecule has 0 radical (unpaired) electrons. The van der Waals surface area contributed by atoms with Crippen molar-refractivity contribution in [2.24, 2.45) is 0 Å². The normalized spacial score (nSPS) is 13.3. The Hall–Kier alpha value is -2.36. The molecule has 0 aliphatic heterocycles. The quantitative estimate of drug-likeness (QED) is 0.0416. The van der Waals surface area contributed by atoms with Gasteiger partial charge in [0.15, 0.2) is 0 Å². The van der Waals surface area contributed by atoms with Crippen molar-refractivity contribution < 1.29 is 0 Å². The van der Waals surface area contributed by atoms with E-state index in [0.29, 0.717) is 0 Å². The van der Waals surface area contributed by atoms with E-state index in [9.17, 15) is 0 Å². The Morgan fingerprint density at radius 3 is 0.469 bits per heavy atom. The molecule has 81 heavy (non-hydrogen) atoms. The van der Waals surface area contributed by atoms with Crippen molar-refractivity contribution in [1.82, 2.24) is 39.2 Å². The second-order valence-corrected chi connectivity index (χ2v) is 54.9. The highest BCUT2D eigenvalue weighted by Crippen LogP contribution is 2.38. The zero-order valence-electron chi connectivity index (χ0n) is 57.1. The third-order valence-electron chi connectivity index (χ3n) is 17.4. The van der Waals surface area contributed by atoms with Crippen molar-refractivity contribution >= 4 is 61.1 Å². The molecule has 0 bridgehead atoms. The first-order chi connectivity index (χ1) is 37.6. The minimum Gasteiger partial charge on any atom is -0.305 e. The fraction of sp³-hybridized carbons (Fsp3) is 0.647. The lowest BCUT2D eigenvalue weighted by molar-refractivity contribution is 0.396. The van der Waals surface area contributed by atoms with E-state index in [1.807, 2.05) is 0 Å². The molecule has 0 heterocycles. The summed E-state index contributed by atoms with van der Waals surface area (Å²) < 4.78 is 0. The van der Waals surface area contributed by atoms with Crippen LogP contribution in [-0.2, 0) is 52.4 Å². The molecule has 8 nitrogen and oxygen atoms in total. The van der Waals surface area contributed by atoms with Crippen molar-refractivity contribution in [3.05, 3.63) is 117 Å². The molecule has 0 unspecified atom stereocenters. The Bertz CT molecular complexity index is 2070. The van der Waals surface area contributed by atoms with E-state index in [-0.39, 0.29) is 0 Å². The van der Waals surface area contributed by atoms with Crippen LogP contribution in [0.2, 0.25) is 101 Å². The third kappa shape index (κ3) is 24.9. The standard InChI is InChI=1S/C68H124N8Si5/c1-69(2)49-57-37-58(50-70(3)4)42-65(41-57)77(17,18)29-25-33-81(34-26-30-78(19,20)66-43-59(51-71(5)6)38-60(44-66)52-72(7)8,35-27-31-79(21,22)67-45-61(53-73(9)10)39-62(46-67)54-74(11)12)36-28-32-80(23,24)68-47-63(55-75(13)14)40-64(48-68)56-76(15)16/h37-48H,25-36,49-56H2,1-24H3. The Morgan fingerprint density at radius 2 is 0.346 bits per heavy atom. The monoisotopic (exact) mass is 1190 g/mol. The Morgan fingerprint density at radius 1 is 0.210 bits per heavy atom. The van der Waals surface area contributed by atoms with Gasteiger partial charge < -0.3 is 39.2 Å². The second kappa shape index (κ2) is 31.9. The smallest absolute Gasteiger partial charge is 0.0806 e. The molecule has 4 rings (SSSR count). The molecular weight excluding hydrogens is 1070 g/mol. The van der Waals surface area contributed by atoms with Gasteiger partial charge in [0, 0.05) is 52.4 Å². The predicted octanol–water partition coefficient (Wildman–Crippen LogP) is 12.0. The van der Waals surface area contributed by atoms with E-state index in [1.165, 1.54) is 119 Å². The summed E-state index contributed by atoms with van der Waals surface area (Å²) in [7, 11) is 26.7. The summed E-state index contributed by atoms with van der Waals surface area (Å²) in [4.78, 5) is 18.8. The first kappa shape index (κ1) is 71.1. The van der Waals surface area contributed by atoms with Crippen LogP contribution in [0.4, 0.5) is 0 Å². The molecule has 4 aromatic carbocycles. The van der Waals surface area contributed by atoms with Crippen molar-refractivity contribution in [1.29, 1.82) is 0 Å². The zero-order chi connectivity index (χ0) is 60.7. The number of hydrogen-bond acceptors (Lipinski definition) is 8. The van der Waals surface area contributed by atoms with Crippen molar-refractivity contribution in [2.45, 2.75) is 179 Å². The Labute approximate surface area is 506 Å². The molecule has 13 heteroatoms. The maximum Gasteiger partial charge on any atom is 0.0806 e. The predicted molar refractivity (Wildman–Crippen MR) is 376 cm³/mol. The van der Waals surface area contributed by atoms with Crippen LogP contribution in [-0.4, -0.2) is 192 Å². The van der Waals surface area contributed by atoms with Crippen LogP contribution in [0.1, 0.15) is 70.2 Å². The Balaban J connectivity index is 1.83. The lowest BCUT2D eigenvalue weighted by atomic mass is 10.1. The summed E-state index contributed by atoms with van der Waals surface area (Å²) in [5.41, 5.74) is 11.8. The molecule has 4 aromatic rings. The van der Waals surface area contributed by atoms with Gasteiger partial charge in [-0.15, -0.1) is 0 Å². The maximum atomic E-state index is 2.71. The molecule has 0 aliphatic rings. The topological polar surface area (TPSA) is 25.9 Å². The summed E-state index contributed by atoms with van der Waals surface area (Å²) >= 11 is 0. The van der Waals surface area contributed by atoms with Gasteiger partial charge in [0.25, 0.3) is 0 Å². The van der Waals surface area contributed by atoms with E-state index in [2.05, 4.69) is 277 Å². The van der Waals surface area contributed by atoms with Gasteiger partial charge in [-0.1, -0.05) is 220 Å². The first-order valence-corrected chi connectivity index (χ1v) is 46.9. The molecular formula is C68H124N8Si5. The number of rotatable bonds is 36. The fourth-order valence-corrected chi connectivity index (χ4v) is 29.8. The van der Waals surface area contributed by atoms with Crippen LogP contribution in [0, 0.1) is 0 Å². The van der Waals surface area contributed by atoms with E-state index < -0.39 is 40.4 Å². The Kier molecular flexibility index (Phi) is 28.0. The zero-order valence-corrected chi connectivity index (χ0v) is 62.1. The highest BCUT2D eigenvalue weighted by atomic mass is 28.3. The van der Waals surface area contributed by atoms with Crippen LogP contribution in [0.5, 0.6) is 0 Å². The van der Waals surface area contributed by atoms with Crippen LogP contribution in [0.15, 0.2) is 72.8 Å². The van der Waals surface area contributed by atoms with E-state index >= 15 is 0 Å². The number of benzene rings is 4. The lowest BCUT2D eigenvalue weighted by Crippen LogP contribution is -2.45. The highest BCUT2D eigenvalue weighted by molar-refractivity contribution is 6.92. The van der Waals surface area contributed by atoms with Crippen molar-refractivity contribution in [3.63, 3.8) is 0 Å². The molecule has 0 fully saturated rings. The lowest BCUT2D eigenvalue weighted by Gasteiger charge is -2.37. The minimum atomic E-state index is -1.82. The molecule has 0 saturated heterocycles. The minimum absolute atomic E-state index is 0.999. The molecule has 456 valence electrons. The van der Waals surface area contributed by atoms with Gasteiger partial charge in [0.05, 0.1) is 40.4 Å². The van der Waals surface area contributed by atoms with Crippen LogP contribution in [0.3, 0.4) is 0 Å². The van der Waals surface area contributed by atoms with Gasteiger partial charge in [-0.3, -0.25) is 0 Å². The first-order valence-electron chi connectivity index (χ1n) is 31.3.